The number of amides is 2. The van der Waals surface area contributed by atoms with Gasteiger partial charge in [-0.3, -0.25) is 9.59 Å². The molecule has 0 aromatic heterocycles. The molecule has 1 aliphatic heterocycles. The van der Waals surface area contributed by atoms with Crippen LogP contribution in [0.5, 0.6) is 11.5 Å². The van der Waals surface area contributed by atoms with E-state index in [-0.39, 0.29) is 18.2 Å². The molecule has 1 heterocycles. The average molecular weight is 382 g/mol. The lowest BCUT2D eigenvalue weighted by Gasteiger charge is -2.24. The van der Waals surface area contributed by atoms with Crippen LogP contribution in [0.15, 0.2) is 48.5 Å². The Labute approximate surface area is 165 Å². The first-order valence-electron chi connectivity index (χ1n) is 9.44. The lowest BCUT2D eigenvalue weighted by atomic mass is 10.1. The summed E-state index contributed by atoms with van der Waals surface area (Å²) in [4.78, 5) is 27.2. The van der Waals surface area contributed by atoms with E-state index in [2.05, 4.69) is 5.32 Å². The van der Waals surface area contributed by atoms with E-state index in [0.717, 1.165) is 17.5 Å². The third-order valence-corrected chi connectivity index (χ3v) is 4.99. The van der Waals surface area contributed by atoms with Gasteiger partial charge in [-0.05, 0) is 36.1 Å². The van der Waals surface area contributed by atoms with Crippen molar-refractivity contribution in [3.63, 3.8) is 0 Å². The zero-order valence-electron chi connectivity index (χ0n) is 16.3. The number of nitrogens with one attached hydrogen (secondary N) is 1. The highest BCUT2D eigenvalue weighted by molar-refractivity contribution is 5.89. The summed E-state index contributed by atoms with van der Waals surface area (Å²) < 4.78 is 10.5. The van der Waals surface area contributed by atoms with E-state index >= 15 is 0 Å². The van der Waals surface area contributed by atoms with E-state index < -0.39 is 6.04 Å². The number of carbonyl (C=O) groups is 2. The highest BCUT2D eigenvalue weighted by Crippen LogP contribution is 2.28. The molecule has 0 radical (unpaired) electrons. The van der Waals surface area contributed by atoms with Gasteiger partial charge >= 0.3 is 0 Å². The minimum absolute atomic E-state index is 0.0513. The summed E-state index contributed by atoms with van der Waals surface area (Å²) in [6.07, 6.45) is 1.75. The maximum absolute atomic E-state index is 12.8. The molecule has 28 heavy (non-hydrogen) atoms. The zero-order valence-corrected chi connectivity index (χ0v) is 16.3. The smallest absolute Gasteiger partial charge is 0.243 e. The number of hydrogen-bond donors (Lipinski definition) is 1. The van der Waals surface area contributed by atoms with Gasteiger partial charge < -0.3 is 19.7 Å². The number of nitrogens with zero attached hydrogens (tertiary/aromatic N) is 1. The van der Waals surface area contributed by atoms with Gasteiger partial charge in [0.05, 0.1) is 20.6 Å². The number of methoxy groups -OCH3 is 2. The second-order valence-electron chi connectivity index (χ2n) is 6.81. The fourth-order valence-corrected chi connectivity index (χ4v) is 3.51. The second kappa shape index (κ2) is 9.26. The Morgan fingerprint density at radius 2 is 1.79 bits per heavy atom. The van der Waals surface area contributed by atoms with Crippen LogP contribution in [-0.2, 0) is 22.6 Å². The number of ether oxygens (including phenoxy) is 2. The molecule has 0 aliphatic carbocycles. The molecule has 148 valence electrons. The number of likely N-dealkylation sites (tertiary alicyclic amines) is 1. The standard InChI is InChI=1S/C22H26N2O4/c1-27-19-11-10-17(13-20(19)28-2)14-21(25)24-12-6-9-18(24)22(26)23-15-16-7-4-3-5-8-16/h3-5,7-8,10-11,13,18H,6,9,12,14-15H2,1-2H3,(H,23,26)/t18-/m1/s1. The number of benzene rings is 2. The maximum atomic E-state index is 12.8. The summed E-state index contributed by atoms with van der Waals surface area (Å²) in [5, 5.41) is 2.95. The molecule has 2 aromatic rings. The molecule has 1 saturated heterocycles. The molecule has 6 nitrogen and oxygen atoms in total. The van der Waals surface area contributed by atoms with Crippen LogP contribution in [0.2, 0.25) is 0 Å². The molecule has 0 spiro atoms. The Morgan fingerprint density at radius 3 is 2.50 bits per heavy atom. The van der Waals surface area contributed by atoms with Gasteiger partial charge in [0.2, 0.25) is 11.8 Å². The predicted octanol–water partition coefficient (Wildman–Crippen LogP) is 2.55. The summed E-state index contributed by atoms with van der Waals surface area (Å²) in [6.45, 7) is 1.07. The third kappa shape index (κ3) is 4.63. The molecular weight excluding hydrogens is 356 g/mol. The largest absolute Gasteiger partial charge is 0.493 e. The first-order valence-corrected chi connectivity index (χ1v) is 9.44. The van der Waals surface area contributed by atoms with Crippen LogP contribution in [0.3, 0.4) is 0 Å². The highest BCUT2D eigenvalue weighted by atomic mass is 16.5. The van der Waals surface area contributed by atoms with Crippen molar-refractivity contribution in [2.45, 2.75) is 31.8 Å². The number of rotatable bonds is 7. The molecule has 0 unspecified atom stereocenters. The van der Waals surface area contributed by atoms with Crippen LogP contribution >= 0.6 is 0 Å². The van der Waals surface area contributed by atoms with Gasteiger partial charge in [-0.25, -0.2) is 0 Å². The van der Waals surface area contributed by atoms with E-state index in [9.17, 15) is 9.59 Å². The first-order chi connectivity index (χ1) is 13.6. The summed E-state index contributed by atoms with van der Waals surface area (Å²) in [5.41, 5.74) is 1.87. The van der Waals surface area contributed by atoms with Crippen LogP contribution in [0.4, 0.5) is 0 Å². The molecule has 0 bridgehead atoms. The highest BCUT2D eigenvalue weighted by Gasteiger charge is 2.33. The molecule has 6 heteroatoms. The average Bonchev–Trinajstić information content (AvgIpc) is 3.23. The number of hydrogen-bond acceptors (Lipinski definition) is 4. The molecule has 1 N–H and O–H groups in total. The maximum Gasteiger partial charge on any atom is 0.243 e. The van der Waals surface area contributed by atoms with Gasteiger partial charge in [0, 0.05) is 13.1 Å². The van der Waals surface area contributed by atoms with Gasteiger partial charge in [0.15, 0.2) is 11.5 Å². The van der Waals surface area contributed by atoms with Gasteiger partial charge in [-0.15, -0.1) is 0 Å². The van der Waals surface area contributed by atoms with E-state index in [1.165, 1.54) is 0 Å². The van der Waals surface area contributed by atoms with Crippen LogP contribution in [0.1, 0.15) is 24.0 Å². The summed E-state index contributed by atoms with van der Waals surface area (Å²) in [7, 11) is 3.14. The van der Waals surface area contributed by atoms with Crippen LogP contribution in [0, 0.1) is 0 Å². The van der Waals surface area contributed by atoms with E-state index in [1.54, 1.807) is 31.3 Å². The van der Waals surface area contributed by atoms with Gasteiger partial charge in [0.25, 0.3) is 0 Å². The molecule has 3 rings (SSSR count). The van der Waals surface area contributed by atoms with E-state index in [0.29, 0.717) is 31.0 Å². The van der Waals surface area contributed by atoms with Gasteiger partial charge in [-0.2, -0.15) is 0 Å². The topological polar surface area (TPSA) is 67.9 Å². The van der Waals surface area contributed by atoms with Crippen LogP contribution < -0.4 is 14.8 Å². The van der Waals surface area contributed by atoms with Gasteiger partial charge in [0.1, 0.15) is 6.04 Å². The molecule has 0 saturated carbocycles. The van der Waals surface area contributed by atoms with Crippen molar-refractivity contribution in [2.24, 2.45) is 0 Å². The Hall–Kier alpha value is -3.02. The van der Waals surface area contributed by atoms with Crippen molar-refractivity contribution in [3.05, 3.63) is 59.7 Å². The van der Waals surface area contributed by atoms with Crippen molar-refractivity contribution in [1.82, 2.24) is 10.2 Å². The van der Waals surface area contributed by atoms with Crippen molar-refractivity contribution >= 4 is 11.8 Å². The van der Waals surface area contributed by atoms with Crippen molar-refractivity contribution in [2.75, 3.05) is 20.8 Å². The van der Waals surface area contributed by atoms with Crippen molar-refractivity contribution in [3.8, 4) is 11.5 Å². The Kier molecular flexibility index (Phi) is 6.53. The summed E-state index contributed by atoms with van der Waals surface area (Å²) in [6, 6.07) is 14.8. The fraction of sp³-hybridized carbons (Fsp3) is 0.364. The zero-order chi connectivity index (χ0) is 19.9. The fourth-order valence-electron chi connectivity index (χ4n) is 3.51. The third-order valence-electron chi connectivity index (χ3n) is 4.99. The minimum Gasteiger partial charge on any atom is -0.493 e. The van der Waals surface area contributed by atoms with Crippen molar-refractivity contribution < 1.29 is 19.1 Å². The normalized spacial score (nSPS) is 15.9. The molecule has 2 aromatic carbocycles. The van der Waals surface area contributed by atoms with Crippen LogP contribution in [-0.4, -0.2) is 43.5 Å². The monoisotopic (exact) mass is 382 g/mol. The SMILES string of the molecule is COc1ccc(CC(=O)N2CCC[C@@H]2C(=O)NCc2ccccc2)cc1OC. The summed E-state index contributed by atoms with van der Waals surface area (Å²) >= 11 is 0. The molecule has 1 atom stereocenters. The first kappa shape index (κ1) is 19.7. The second-order valence-corrected chi connectivity index (χ2v) is 6.81. The van der Waals surface area contributed by atoms with E-state index in [1.807, 2.05) is 36.4 Å². The number of carbonyl (C=O) groups excluding carboxylic acids is 2. The minimum atomic E-state index is -0.406. The quantitative estimate of drug-likeness (QED) is 0.799. The lowest BCUT2D eigenvalue weighted by Crippen LogP contribution is -2.46. The van der Waals surface area contributed by atoms with Crippen LogP contribution in [0.25, 0.3) is 0 Å². The molecule has 1 fully saturated rings. The Morgan fingerprint density at radius 1 is 1.04 bits per heavy atom. The predicted molar refractivity (Wildman–Crippen MR) is 106 cm³/mol. The van der Waals surface area contributed by atoms with Gasteiger partial charge in [-0.1, -0.05) is 36.4 Å². The Balaban J connectivity index is 1.61. The summed E-state index contributed by atoms with van der Waals surface area (Å²) in [5.74, 6) is 1.07. The molecule has 1 aliphatic rings. The molecular formula is C22H26N2O4. The van der Waals surface area contributed by atoms with Crippen molar-refractivity contribution in [1.29, 1.82) is 0 Å². The lowest BCUT2D eigenvalue weighted by molar-refractivity contribution is -0.138. The van der Waals surface area contributed by atoms with E-state index in [4.69, 9.17) is 9.47 Å². The molecule has 2 amide bonds. The Bertz CT molecular complexity index is 823.